The summed E-state index contributed by atoms with van der Waals surface area (Å²) in [5.74, 6) is 2.05. The van der Waals surface area contributed by atoms with Gasteiger partial charge in [-0.05, 0) is 52.6 Å². The summed E-state index contributed by atoms with van der Waals surface area (Å²) in [6.45, 7) is 8.74. The molecule has 1 aliphatic heterocycles. The van der Waals surface area contributed by atoms with E-state index < -0.39 is 5.60 Å². The molecular weight excluding hydrogens is 230 g/mol. The van der Waals surface area contributed by atoms with E-state index in [4.69, 9.17) is 9.26 Å². The van der Waals surface area contributed by atoms with Crippen LogP contribution < -0.4 is 5.32 Å². The molecule has 0 amide bonds. The summed E-state index contributed by atoms with van der Waals surface area (Å²) in [4.78, 5) is 4.47. The smallest absolute Gasteiger partial charge is 0.227 e. The second kappa shape index (κ2) is 5.80. The van der Waals surface area contributed by atoms with Gasteiger partial charge in [-0.1, -0.05) is 5.16 Å². The van der Waals surface area contributed by atoms with Crippen molar-refractivity contribution >= 4 is 0 Å². The highest BCUT2D eigenvalue weighted by atomic mass is 16.5. The molecule has 102 valence electrons. The van der Waals surface area contributed by atoms with Gasteiger partial charge in [0.2, 0.25) is 11.7 Å². The van der Waals surface area contributed by atoms with Gasteiger partial charge in [0.15, 0.2) is 0 Å². The van der Waals surface area contributed by atoms with Crippen LogP contribution in [0.1, 0.15) is 45.3 Å². The molecule has 0 spiro atoms. The fraction of sp³-hybridized carbons (Fsp3) is 0.846. The maximum atomic E-state index is 5.62. The predicted octanol–water partition coefficient (Wildman–Crippen LogP) is 1.88. The zero-order chi connectivity index (χ0) is 13.0. The second-order valence-electron chi connectivity index (χ2n) is 5.35. The van der Waals surface area contributed by atoms with Gasteiger partial charge in [-0.2, -0.15) is 4.98 Å². The van der Waals surface area contributed by atoms with Crippen molar-refractivity contribution in [3.8, 4) is 0 Å². The minimum absolute atomic E-state index is 0.468. The van der Waals surface area contributed by atoms with Crippen LogP contribution in [0, 0.1) is 5.92 Å². The molecule has 0 bridgehead atoms. The lowest BCUT2D eigenvalue weighted by Crippen LogP contribution is -2.28. The molecule has 5 heteroatoms. The van der Waals surface area contributed by atoms with Gasteiger partial charge in [0.1, 0.15) is 5.60 Å². The van der Waals surface area contributed by atoms with Crippen molar-refractivity contribution in [3.63, 3.8) is 0 Å². The number of hydrogen-bond acceptors (Lipinski definition) is 5. The van der Waals surface area contributed by atoms with Crippen LogP contribution in [0.4, 0.5) is 0 Å². The summed E-state index contributed by atoms with van der Waals surface area (Å²) >= 11 is 0. The SMILES string of the molecule is CCOC(C)(C)c1noc(CC2CCNCC2)n1. The Morgan fingerprint density at radius 2 is 2.11 bits per heavy atom. The molecule has 1 N–H and O–H groups in total. The molecule has 2 heterocycles. The number of hydrogen-bond donors (Lipinski definition) is 1. The van der Waals surface area contributed by atoms with Gasteiger partial charge in [0.25, 0.3) is 0 Å². The van der Waals surface area contributed by atoms with Gasteiger partial charge in [0.05, 0.1) is 0 Å². The highest BCUT2D eigenvalue weighted by Gasteiger charge is 2.27. The van der Waals surface area contributed by atoms with E-state index in [0.29, 0.717) is 18.3 Å². The summed E-state index contributed by atoms with van der Waals surface area (Å²) in [7, 11) is 0. The van der Waals surface area contributed by atoms with Crippen LogP contribution in [0.3, 0.4) is 0 Å². The van der Waals surface area contributed by atoms with E-state index >= 15 is 0 Å². The first kappa shape index (κ1) is 13.5. The van der Waals surface area contributed by atoms with E-state index in [9.17, 15) is 0 Å². The number of nitrogens with one attached hydrogen (secondary N) is 1. The van der Waals surface area contributed by atoms with Gasteiger partial charge in [-0.25, -0.2) is 0 Å². The number of ether oxygens (including phenoxy) is 1. The lowest BCUT2D eigenvalue weighted by molar-refractivity contribution is -0.0221. The highest BCUT2D eigenvalue weighted by Crippen LogP contribution is 2.23. The first-order chi connectivity index (χ1) is 8.62. The maximum absolute atomic E-state index is 5.62. The van der Waals surface area contributed by atoms with E-state index in [-0.39, 0.29) is 0 Å². The monoisotopic (exact) mass is 253 g/mol. The van der Waals surface area contributed by atoms with Crippen LogP contribution in [0.2, 0.25) is 0 Å². The van der Waals surface area contributed by atoms with Crippen molar-refractivity contribution in [1.29, 1.82) is 0 Å². The standard InChI is InChI=1S/C13H23N3O2/c1-4-17-13(2,3)12-15-11(18-16-12)9-10-5-7-14-8-6-10/h10,14H,4-9H2,1-3H3. The first-order valence-corrected chi connectivity index (χ1v) is 6.79. The summed E-state index contributed by atoms with van der Waals surface area (Å²) in [5.41, 5.74) is -0.468. The molecule has 1 aromatic rings. The molecular formula is C13H23N3O2. The van der Waals surface area contributed by atoms with Crippen LogP contribution >= 0.6 is 0 Å². The topological polar surface area (TPSA) is 60.2 Å². The largest absolute Gasteiger partial charge is 0.368 e. The third kappa shape index (κ3) is 3.29. The quantitative estimate of drug-likeness (QED) is 0.868. The third-order valence-electron chi connectivity index (χ3n) is 3.43. The average Bonchev–Trinajstić information content (AvgIpc) is 2.79. The van der Waals surface area contributed by atoms with Crippen LogP contribution in [0.15, 0.2) is 4.52 Å². The second-order valence-corrected chi connectivity index (χ2v) is 5.35. The molecule has 1 aromatic heterocycles. The molecule has 0 aliphatic carbocycles. The number of nitrogens with zero attached hydrogens (tertiary/aromatic N) is 2. The van der Waals surface area contributed by atoms with Crippen molar-refractivity contribution in [2.24, 2.45) is 5.92 Å². The molecule has 0 radical (unpaired) electrons. The fourth-order valence-corrected chi connectivity index (χ4v) is 2.34. The molecule has 1 fully saturated rings. The summed E-state index contributed by atoms with van der Waals surface area (Å²) in [5, 5.41) is 7.41. The lowest BCUT2D eigenvalue weighted by atomic mass is 9.95. The Bertz CT molecular complexity index is 370. The zero-order valence-electron chi connectivity index (χ0n) is 11.5. The van der Waals surface area contributed by atoms with Crippen molar-refractivity contribution in [2.75, 3.05) is 19.7 Å². The Kier molecular flexibility index (Phi) is 4.35. The average molecular weight is 253 g/mol. The van der Waals surface area contributed by atoms with Gasteiger partial charge < -0.3 is 14.6 Å². The lowest BCUT2D eigenvalue weighted by Gasteiger charge is -2.21. The van der Waals surface area contributed by atoms with E-state index in [2.05, 4.69) is 15.5 Å². The van der Waals surface area contributed by atoms with Crippen LogP contribution in [0.25, 0.3) is 0 Å². The number of aromatic nitrogens is 2. The van der Waals surface area contributed by atoms with E-state index in [1.807, 2.05) is 20.8 Å². The van der Waals surface area contributed by atoms with Crippen molar-refractivity contribution in [2.45, 2.75) is 45.6 Å². The number of rotatable bonds is 5. The summed E-state index contributed by atoms with van der Waals surface area (Å²) < 4.78 is 11.0. The molecule has 1 saturated heterocycles. The van der Waals surface area contributed by atoms with Crippen LogP contribution in [0.5, 0.6) is 0 Å². The Labute approximate surface area is 108 Å². The molecule has 5 nitrogen and oxygen atoms in total. The van der Waals surface area contributed by atoms with Gasteiger partial charge in [-0.15, -0.1) is 0 Å². The molecule has 0 unspecified atom stereocenters. The van der Waals surface area contributed by atoms with Crippen molar-refractivity contribution in [3.05, 3.63) is 11.7 Å². The Morgan fingerprint density at radius 3 is 2.78 bits per heavy atom. The maximum Gasteiger partial charge on any atom is 0.227 e. The van der Waals surface area contributed by atoms with Crippen molar-refractivity contribution in [1.82, 2.24) is 15.5 Å². The minimum atomic E-state index is -0.468. The Balaban J connectivity index is 1.96. The summed E-state index contributed by atoms with van der Waals surface area (Å²) in [6.07, 6.45) is 3.26. The Hall–Kier alpha value is -0.940. The predicted molar refractivity (Wildman–Crippen MR) is 68.2 cm³/mol. The molecule has 0 atom stereocenters. The molecule has 18 heavy (non-hydrogen) atoms. The van der Waals surface area contributed by atoms with Crippen LogP contribution in [-0.2, 0) is 16.8 Å². The number of piperidine rings is 1. The zero-order valence-corrected chi connectivity index (χ0v) is 11.5. The molecule has 0 saturated carbocycles. The summed E-state index contributed by atoms with van der Waals surface area (Å²) in [6, 6.07) is 0. The third-order valence-corrected chi connectivity index (χ3v) is 3.43. The Morgan fingerprint density at radius 1 is 1.39 bits per heavy atom. The normalized spacial score (nSPS) is 18.2. The van der Waals surface area contributed by atoms with Gasteiger partial charge >= 0.3 is 0 Å². The fourth-order valence-electron chi connectivity index (χ4n) is 2.34. The van der Waals surface area contributed by atoms with E-state index in [1.165, 1.54) is 12.8 Å². The van der Waals surface area contributed by atoms with Crippen LogP contribution in [-0.4, -0.2) is 29.8 Å². The molecule has 0 aromatic carbocycles. The molecule has 2 rings (SSSR count). The van der Waals surface area contributed by atoms with Gasteiger partial charge in [-0.3, -0.25) is 0 Å². The highest BCUT2D eigenvalue weighted by molar-refractivity contribution is 4.98. The minimum Gasteiger partial charge on any atom is -0.368 e. The van der Waals surface area contributed by atoms with E-state index in [0.717, 1.165) is 25.4 Å². The van der Waals surface area contributed by atoms with Crippen molar-refractivity contribution < 1.29 is 9.26 Å². The molecule has 1 aliphatic rings. The van der Waals surface area contributed by atoms with E-state index in [1.54, 1.807) is 0 Å². The van der Waals surface area contributed by atoms with Gasteiger partial charge in [0, 0.05) is 13.0 Å². The first-order valence-electron chi connectivity index (χ1n) is 6.79.